The molecule has 37 nitrogen and oxygen atoms in total. The number of hydrogen-bond donors (Lipinski definition) is 21. The van der Waals surface area contributed by atoms with Gasteiger partial charge in [0.2, 0.25) is 63.0 Å². The van der Waals surface area contributed by atoms with Gasteiger partial charge in [-0.3, -0.25) is 38.4 Å². The summed E-state index contributed by atoms with van der Waals surface area (Å²) in [5.74, 6) is -16.0. The molecule has 2 aromatic rings. The van der Waals surface area contributed by atoms with Crippen molar-refractivity contribution in [3.05, 3.63) is 42.0 Å². The zero-order chi connectivity index (χ0) is 96.2. The molecule has 0 aromatic heterocycles. The van der Waals surface area contributed by atoms with Gasteiger partial charge in [0.05, 0.1) is 83.6 Å². The highest BCUT2D eigenvalue weighted by molar-refractivity contribution is 7.89. The summed E-state index contributed by atoms with van der Waals surface area (Å²) in [6.45, 7) is 9.30. The fraction of sp³-hybridized carbons (Fsp3) is 0.787. The van der Waals surface area contributed by atoms with Crippen LogP contribution in [0, 0.1) is 76.9 Å². The standard InChI is InChI=1S/C94H144Cl2N12O25S/c1-7-8-12-25-128-54-16-18-55(19-17-54)134(126,127)101-24-11-9-10-23-100-41-58-64(111)38-57-72(82(58)116)56-32-47(13-20-63(56)110)74-89(121)108-78(93(125)106-76(57)91(123)103-73-50-28-45-27-46(30-50)31-51(73)29-45)80(114)49-15-22-66(60(96)34-49)131-68-36-52-35-67(84(68)132-69-37-53(42-109)81(115)83(117)85(69)133-71-40-94(5,98)86(118)44(4)129-71)130-65-21-14-48(33-59(65)95)79(113)77(107-87(119)61(99-6)26-43(2)3)92(124)102-62(39-70(97)112)88(120)104-75(52)90(122)105-74/h16-19,35-36,43-51,53,56-66,69,71-83,85-86,99-101,109-111,113-118H,7-15,20-34,37-42,98H2,1-6H3,(H2,97,112)(H,102,124)(H,103,123)(H,104,120)(H,105,122)(H,106,125)(H,107,119)(H,108,121)/t44-,45?,46?,47-,48-,49-,50?,51?,53+,56?,57?,58?,59+,60-,61+,62-,63+,64-,65+,66+,69+,71-,72?,73?,74+,75+,76-,77+,78-,79+,80+,81+,82?,83-,85-,86+,94-/m0/s1. The van der Waals surface area contributed by atoms with Crippen molar-refractivity contribution in [2.24, 2.45) is 88.4 Å². The molecule has 6 heterocycles. The molecule has 32 atom stereocenters. The molecule has 8 amide bonds. The van der Waals surface area contributed by atoms with Gasteiger partial charge in [0, 0.05) is 49.5 Å². The summed E-state index contributed by atoms with van der Waals surface area (Å²) in [6.07, 6.45) is -12.9. The number of likely N-dealkylation sites (N-methyl/N-ethyl adjacent to an activating group) is 1. The number of carbonyl (C=O) groups is 8. The van der Waals surface area contributed by atoms with Crippen LogP contribution in [0.5, 0.6) is 23.0 Å². The van der Waals surface area contributed by atoms with Crippen LogP contribution in [0.1, 0.15) is 207 Å². The third kappa shape index (κ3) is 23.8. The second kappa shape index (κ2) is 44.9. The number of aliphatic hydroxyl groups excluding tert-OH is 9. The van der Waals surface area contributed by atoms with Crippen LogP contribution in [0.25, 0.3) is 0 Å². The molecule has 2 aromatic carbocycles. The van der Waals surface area contributed by atoms with Gasteiger partial charge in [0.1, 0.15) is 72.5 Å². The second-order valence-corrected chi connectivity index (χ2v) is 44.3. The first-order valence-electron chi connectivity index (χ1n) is 48.9. The number of nitrogens with two attached hydrogens (primary N) is 2. The van der Waals surface area contributed by atoms with E-state index in [1.165, 1.54) is 31.3 Å². The van der Waals surface area contributed by atoms with E-state index in [0.717, 1.165) is 51.4 Å². The van der Waals surface area contributed by atoms with E-state index in [1.54, 1.807) is 26.0 Å². The number of nitrogens with one attached hydrogen (secondary N) is 10. The summed E-state index contributed by atoms with van der Waals surface area (Å²) in [6, 6.07) is -3.88. The van der Waals surface area contributed by atoms with Gasteiger partial charge in [-0.05, 0) is 263 Å². The molecule has 6 aliphatic heterocycles. The predicted molar refractivity (Wildman–Crippen MR) is 488 cm³/mol. The van der Waals surface area contributed by atoms with Crippen LogP contribution in [-0.4, -0.2) is 286 Å². The monoisotopic (exact) mass is 1940 g/mol. The average molecular weight is 1950 g/mol. The summed E-state index contributed by atoms with van der Waals surface area (Å²) in [5.41, 5.74) is 11.1. The van der Waals surface area contributed by atoms with Crippen molar-refractivity contribution in [1.29, 1.82) is 0 Å². The topological polar surface area (TPSA) is 580 Å². The summed E-state index contributed by atoms with van der Waals surface area (Å²) in [7, 11) is -2.32. The fourth-order valence-electron chi connectivity index (χ4n) is 24.2. The summed E-state index contributed by atoms with van der Waals surface area (Å²) in [5, 5.41) is 135. The highest BCUT2D eigenvalue weighted by Gasteiger charge is 2.59. The van der Waals surface area contributed by atoms with Gasteiger partial charge < -0.3 is 134 Å². The van der Waals surface area contributed by atoms with Crippen molar-refractivity contribution in [2.45, 2.75) is 350 Å². The fourth-order valence-corrected chi connectivity index (χ4v) is 26.1. The van der Waals surface area contributed by atoms with Gasteiger partial charge >= 0.3 is 0 Å². The Hall–Kier alpha value is -6.67. The third-order valence-corrected chi connectivity index (χ3v) is 33.8. The normalized spacial score (nSPS) is 39.9. The molecule has 0 spiro atoms. The van der Waals surface area contributed by atoms with Crippen molar-refractivity contribution >= 4 is 80.5 Å². The van der Waals surface area contributed by atoms with E-state index in [9.17, 15) is 64.0 Å². The molecule has 17 rings (SSSR count). The average Bonchev–Trinajstić information content (AvgIpc) is 0.737. The van der Waals surface area contributed by atoms with Crippen LogP contribution in [-0.2, 0) is 57.9 Å². The Morgan fingerprint density at radius 2 is 1.29 bits per heavy atom. The van der Waals surface area contributed by atoms with E-state index in [2.05, 4.69) is 59.5 Å². The minimum absolute atomic E-state index is 0.000851. The summed E-state index contributed by atoms with van der Waals surface area (Å²) >= 11 is 15.2. The molecule has 5 unspecified atom stereocenters. The Bertz CT molecular complexity index is 4490. The maximum absolute atomic E-state index is 16.8. The Labute approximate surface area is 793 Å². The number of halogens is 2. The van der Waals surface area contributed by atoms with E-state index in [4.69, 9.17) is 63.1 Å². The summed E-state index contributed by atoms with van der Waals surface area (Å²) in [4.78, 5) is 125. The molecule has 2 saturated heterocycles. The molecule has 15 bridgehead atoms. The lowest BCUT2D eigenvalue weighted by molar-refractivity contribution is -0.286. The first kappa shape index (κ1) is 103. The SMILES string of the molecule is CCCCCOc1ccc(S(=O)(=O)NCCCCCNCC2C(O)C3C4C[C@H](CC[C@H]4O)[C@H]4NC(=O)[C@@H]5NC(=O)[C@H](CC(N)=O)NC(=O)[C@H](NC(=O)[C@@H](CC(C)C)NC)[C@H](O)[C@H]6CC[C@@H](Oc7cc5cc(c7O[C@@H]5C[C@H](CO)[C@@H](O)[C@H](O)[C@H]5O[C@H]5C[C@](C)(N)[C@H](O)[C@H](C)O5)O[C@@H]5CC[C@@H](C[C@@H]5Cl)[C@@H](O)[C@H](NC4=O)C(=O)N[C@H](C(=O)NC4C5CC7CC(C5)CC4C7)C3C[C@@H]2O)[C@H](Cl)C6)cc1. The number of unbranched alkanes of at least 4 members (excludes halogenated alkanes) is 4. The number of ether oxygens (including phenoxy) is 6. The van der Waals surface area contributed by atoms with Gasteiger partial charge in [-0.15, -0.1) is 23.2 Å². The lowest BCUT2D eigenvalue weighted by atomic mass is 9.54. The van der Waals surface area contributed by atoms with Crippen molar-refractivity contribution in [3.8, 4) is 23.0 Å². The molecular formula is C94H144Cl2N12O25S. The van der Waals surface area contributed by atoms with Crippen LogP contribution in [0.3, 0.4) is 0 Å². The quantitative estimate of drug-likeness (QED) is 0.0398. The lowest BCUT2D eigenvalue weighted by Gasteiger charge is -2.55. The molecule has 134 heavy (non-hydrogen) atoms. The third-order valence-electron chi connectivity index (χ3n) is 31.4. The van der Waals surface area contributed by atoms with Crippen LogP contribution < -0.4 is 83.0 Å². The van der Waals surface area contributed by atoms with Gasteiger partial charge in [-0.25, -0.2) is 13.1 Å². The predicted octanol–water partition coefficient (Wildman–Crippen LogP) is 0.929. The van der Waals surface area contributed by atoms with E-state index < -0.39 is 262 Å². The zero-order valence-corrected chi connectivity index (χ0v) is 79.7. The number of carbonyl (C=O) groups excluding carboxylic acids is 8. The molecule has 40 heteroatoms. The minimum Gasteiger partial charge on any atom is -0.494 e. The maximum atomic E-state index is 16.8. The van der Waals surface area contributed by atoms with E-state index in [1.807, 2.05) is 13.8 Å². The largest absolute Gasteiger partial charge is 0.494 e. The second-order valence-electron chi connectivity index (χ2n) is 41.4. The highest BCUT2D eigenvalue weighted by atomic mass is 35.5. The van der Waals surface area contributed by atoms with Crippen molar-refractivity contribution < 1.29 is 121 Å². The van der Waals surface area contributed by atoms with E-state index in [0.29, 0.717) is 50.0 Å². The highest BCUT2D eigenvalue weighted by Crippen LogP contribution is 2.55. The molecule has 0 radical (unpaired) electrons. The van der Waals surface area contributed by atoms with Crippen LogP contribution >= 0.6 is 23.2 Å². The smallest absolute Gasteiger partial charge is 0.247 e. The number of fused-ring (bicyclic) bond motifs is 15. The number of rotatable bonds is 29. The van der Waals surface area contributed by atoms with Gasteiger partial charge in [-0.1, -0.05) is 40.0 Å². The molecule has 9 aliphatic carbocycles. The molecule has 15 aliphatic rings. The van der Waals surface area contributed by atoms with Crippen molar-refractivity contribution in [2.75, 3.05) is 39.9 Å². The Kier molecular flexibility index (Phi) is 34.5. The number of amides is 8. The van der Waals surface area contributed by atoms with Crippen LogP contribution in [0.15, 0.2) is 41.3 Å². The maximum Gasteiger partial charge on any atom is 0.247 e. The number of sulfonamides is 1. The number of hydrogen-bond acceptors (Lipinski definition) is 28. The van der Waals surface area contributed by atoms with E-state index >= 15 is 28.8 Å². The molecule has 11 fully saturated rings. The van der Waals surface area contributed by atoms with E-state index in [-0.39, 0.29) is 148 Å². The Morgan fingerprint density at radius 3 is 1.91 bits per heavy atom. The van der Waals surface area contributed by atoms with Gasteiger partial charge in [0.25, 0.3) is 0 Å². The molecular weight excluding hydrogens is 1800 g/mol. The summed E-state index contributed by atoms with van der Waals surface area (Å²) < 4.78 is 69.5. The minimum atomic E-state index is -3.86. The first-order chi connectivity index (χ1) is 63.8. The first-order valence-corrected chi connectivity index (χ1v) is 51.3. The van der Waals surface area contributed by atoms with Gasteiger partial charge in [-0.2, -0.15) is 0 Å². The molecule has 750 valence electrons. The lowest BCUT2D eigenvalue weighted by Crippen LogP contribution is -2.68. The van der Waals surface area contributed by atoms with Gasteiger partial charge in [0.15, 0.2) is 17.8 Å². The number of alkyl halides is 2. The number of primary amides is 1. The number of benzene rings is 2. The van der Waals surface area contributed by atoms with Crippen LogP contribution in [0.4, 0.5) is 0 Å². The van der Waals surface area contributed by atoms with Crippen molar-refractivity contribution in [1.82, 2.24) is 52.6 Å². The zero-order valence-electron chi connectivity index (χ0n) is 77.4. The number of aliphatic hydroxyl groups is 9. The Balaban J connectivity index is 0.849. The molecule has 9 saturated carbocycles. The Morgan fingerprint density at radius 1 is 0.657 bits per heavy atom. The van der Waals surface area contributed by atoms with Crippen LogP contribution in [0.2, 0.25) is 0 Å². The van der Waals surface area contributed by atoms with Crippen molar-refractivity contribution in [3.63, 3.8) is 0 Å². The molecule has 23 N–H and O–H groups in total.